The molecule has 0 aliphatic carbocycles. The number of anilines is 1. The molecule has 2 heterocycles. The largest absolute Gasteiger partial charge is 0.490 e. The third kappa shape index (κ3) is 10.6. The first-order valence-corrected chi connectivity index (χ1v) is 22.0. The maximum Gasteiger partial charge on any atom is 0.407 e. The van der Waals surface area contributed by atoms with Gasteiger partial charge in [-0.05, 0) is 64.0 Å². The molecule has 56 heavy (non-hydrogen) atoms. The zero-order valence-corrected chi connectivity index (χ0v) is 35.0. The van der Waals surface area contributed by atoms with E-state index in [2.05, 4.69) is 64.6 Å². The molecular formula is C43H60F2N2O8Si. The predicted octanol–water partition coefficient (Wildman–Crippen LogP) is 9.02. The van der Waals surface area contributed by atoms with E-state index in [-0.39, 0.29) is 44.6 Å². The minimum Gasteiger partial charge on any atom is -0.490 e. The Balaban J connectivity index is 1.38. The first kappa shape index (κ1) is 43.4. The lowest BCUT2D eigenvalue weighted by Crippen LogP contribution is -2.59. The second-order valence-electron chi connectivity index (χ2n) is 15.7. The molecule has 0 saturated carbocycles. The van der Waals surface area contributed by atoms with Crippen LogP contribution >= 0.6 is 0 Å². The van der Waals surface area contributed by atoms with Gasteiger partial charge in [-0.25, -0.2) is 13.6 Å². The van der Waals surface area contributed by atoms with E-state index in [1.807, 2.05) is 24.3 Å². The highest BCUT2D eigenvalue weighted by Crippen LogP contribution is 2.46. The molecule has 0 spiro atoms. The fraction of sp³-hybridized carbons (Fsp3) is 0.558. The molecule has 308 valence electrons. The fourth-order valence-electron chi connectivity index (χ4n) is 8.57. The summed E-state index contributed by atoms with van der Waals surface area (Å²) in [6, 6.07) is 17.3. The number of benzene rings is 3. The van der Waals surface area contributed by atoms with Gasteiger partial charge in [-0.15, -0.1) is 0 Å². The standard InChI is InChI=1S/C43H60F2N2O8Si/c1-29(2)56(30(3)4,31(5)6)55-41-26-47(43(48)49)25-40(54-28-33-11-16-38-37(23-33)46(18-20-52-38)17-8-19-50-7)42(41)34-12-9-32(10-13-34)27-51-21-22-53-39-24-35(44)14-15-36(39)45/h9-16,23-24,29-31,40-42H,8,17-22,25-28H2,1-7H3,(H,48,49). The van der Waals surface area contributed by atoms with Crippen molar-refractivity contribution in [3.63, 3.8) is 0 Å². The monoisotopic (exact) mass is 798 g/mol. The van der Waals surface area contributed by atoms with Gasteiger partial charge in [-0.2, -0.15) is 0 Å². The molecule has 13 heteroatoms. The zero-order chi connectivity index (χ0) is 40.4. The molecule has 3 aromatic rings. The third-order valence-electron chi connectivity index (χ3n) is 11.2. The number of rotatable bonds is 19. The second-order valence-corrected chi connectivity index (χ2v) is 21.1. The molecule has 0 aromatic heterocycles. The maximum absolute atomic E-state index is 13.9. The van der Waals surface area contributed by atoms with Crippen molar-refractivity contribution in [3.8, 4) is 11.5 Å². The van der Waals surface area contributed by atoms with Gasteiger partial charge < -0.3 is 43.0 Å². The average Bonchev–Trinajstić information content (AvgIpc) is 3.17. The summed E-state index contributed by atoms with van der Waals surface area (Å²) >= 11 is 0. The third-order valence-corrected chi connectivity index (χ3v) is 17.3. The number of ether oxygens (including phenoxy) is 5. The molecule has 1 N–H and O–H groups in total. The van der Waals surface area contributed by atoms with Crippen LogP contribution in [-0.2, 0) is 31.9 Å². The average molecular weight is 799 g/mol. The molecule has 1 saturated heterocycles. The van der Waals surface area contributed by atoms with E-state index >= 15 is 0 Å². The van der Waals surface area contributed by atoms with Crippen molar-refractivity contribution in [3.05, 3.63) is 89.0 Å². The van der Waals surface area contributed by atoms with Gasteiger partial charge in [0.25, 0.3) is 0 Å². The quantitative estimate of drug-likeness (QED) is 0.0942. The van der Waals surface area contributed by atoms with Crippen LogP contribution in [0.5, 0.6) is 11.5 Å². The molecule has 1 fully saturated rings. The van der Waals surface area contributed by atoms with Crippen LogP contribution in [0.3, 0.4) is 0 Å². The highest BCUT2D eigenvalue weighted by Gasteiger charge is 2.51. The van der Waals surface area contributed by atoms with Crippen molar-refractivity contribution < 1.29 is 46.8 Å². The Hall–Kier alpha value is -3.75. The highest BCUT2D eigenvalue weighted by molar-refractivity contribution is 6.77. The number of methoxy groups -OCH3 is 1. The van der Waals surface area contributed by atoms with Crippen molar-refractivity contribution >= 4 is 20.1 Å². The van der Waals surface area contributed by atoms with Gasteiger partial charge in [0, 0.05) is 38.8 Å². The summed E-state index contributed by atoms with van der Waals surface area (Å²) in [5.74, 6) is -0.761. The van der Waals surface area contributed by atoms with Crippen LogP contribution in [0, 0.1) is 11.6 Å². The van der Waals surface area contributed by atoms with E-state index < -0.39 is 38.3 Å². The number of likely N-dealkylation sites (tertiary alicyclic amines) is 1. The van der Waals surface area contributed by atoms with Gasteiger partial charge in [-0.1, -0.05) is 71.9 Å². The second kappa shape index (κ2) is 20.1. The Morgan fingerprint density at radius 3 is 2.25 bits per heavy atom. The molecule has 1 amide bonds. The van der Waals surface area contributed by atoms with E-state index in [4.69, 9.17) is 28.1 Å². The van der Waals surface area contributed by atoms with E-state index in [0.29, 0.717) is 36.4 Å². The number of hydrogen-bond acceptors (Lipinski definition) is 8. The van der Waals surface area contributed by atoms with E-state index in [1.165, 1.54) is 4.90 Å². The van der Waals surface area contributed by atoms with Gasteiger partial charge in [-0.3, -0.25) is 0 Å². The molecule has 3 unspecified atom stereocenters. The maximum atomic E-state index is 13.9. The number of fused-ring (bicyclic) bond motifs is 1. The summed E-state index contributed by atoms with van der Waals surface area (Å²) in [7, 11) is -0.745. The van der Waals surface area contributed by atoms with Crippen LogP contribution in [0.1, 0.15) is 70.6 Å². The summed E-state index contributed by atoms with van der Waals surface area (Å²) in [6.07, 6.45) is -1.02. The summed E-state index contributed by atoms with van der Waals surface area (Å²) in [5.41, 5.74) is 4.82. The van der Waals surface area contributed by atoms with E-state index in [0.717, 1.165) is 65.8 Å². The number of halogens is 2. The summed E-state index contributed by atoms with van der Waals surface area (Å²) in [4.78, 5) is 16.4. The first-order chi connectivity index (χ1) is 26.8. The van der Waals surface area contributed by atoms with Crippen molar-refractivity contribution in [2.24, 2.45) is 0 Å². The van der Waals surface area contributed by atoms with Crippen molar-refractivity contribution in [2.45, 2.75) is 95.9 Å². The molecule has 2 aliphatic heterocycles. The van der Waals surface area contributed by atoms with Crippen LogP contribution in [0.15, 0.2) is 60.7 Å². The molecular weight excluding hydrogens is 739 g/mol. The lowest BCUT2D eigenvalue weighted by atomic mass is 9.84. The van der Waals surface area contributed by atoms with Gasteiger partial charge in [0.05, 0.1) is 50.8 Å². The van der Waals surface area contributed by atoms with Crippen LogP contribution < -0.4 is 14.4 Å². The predicted molar refractivity (Wildman–Crippen MR) is 215 cm³/mol. The summed E-state index contributed by atoms with van der Waals surface area (Å²) in [5, 5.41) is 10.4. The Kier molecular flexibility index (Phi) is 15.6. The molecule has 3 aromatic carbocycles. The first-order valence-electron chi connectivity index (χ1n) is 19.8. The van der Waals surface area contributed by atoms with Crippen molar-refractivity contribution in [1.29, 1.82) is 0 Å². The Bertz CT molecular complexity index is 1690. The Morgan fingerprint density at radius 2 is 1.57 bits per heavy atom. The zero-order valence-electron chi connectivity index (χ0n) is 34.0. The van der Waals surface area contributed by atoms with Gasteiger partial charge in [0.15, 0.2) is 11.6 Å². The lowest BCUT2D eigenvalue weighted by Gasteiger charge is -2.50. The van der Waals surface area contributed by atoms with Crippen LogP contribution in [0.2, 0.25) is 16.6 Å². The Labute approximate surface area is 332 Å². The van der Waals surface area contributed by atoms with Crippen LogP contribution in [0.25, 0.3) is 0 Å². The van der Waals surface area contributed by atoms with E-state index in [1.54, 1.807) is 7.11 Å². The fourth-order valence-corrected chi connectivity index (χ4v) is 14.1. The van der Waals surface area contributed by atoms with Gasteiger partial charge >= 0.3 is 6.09 Å². The molecule has 3 atom stereocenters. The molecule has 10 nitrogen and oxygen atoms in total. The normalized spacial score (nSPS) is 18.8. The number of amides is 1. The van der Waals surface area contributed by atoms with Crippen LogP contribution in [-0.4, -0.2) is 96.3 Å². The SMILES string of the molecule is COCCCN1CCOc2ccc(COC3CN(C(=O)O)CC(O[Si](C(C)C)(C(C)C)C(C)C)C3c3ccc(COCCOc4cc(F)ccc4F)cc3)cc21. The number of piperidine rings is 1. The van der Waals surface area contributed by atoms with Crippen LogP contribution in [0.4, 0.5) is 19.3 Å². The number of carboxylic acid groups (broad SMARTS) is 1. The molecule has 5 rings (SSSR count). The van der Waals surface area contributed by atoms with E-state index in [9.17, 15) is 18.7 Å². The molecule has 0 bridgehead atoms. The summed E-state index contributed by atoms with van der Waals surface area (Å²) in [6.45, 7) is 17.6. The van der Waals surface area contributed by atoms with Gasteiger partial charge in [0.1, 0.15) is 24.8 Å². The smallest absolute Gasteiger partial charge is 0.407 e. The molecule has 0 radical (unpaired) electrons. The number of nitrogens with zero attached hydrogens (tertiary/aromatic N) is 2. The Morgan fingerprint density at radius 1 is 0.875 bits per heavy atom. The van der Waals surface area contributed by atoms with Crippen molar-refractivity contribution in [1.82, 2.24) is 4.90 Å². The summed E-state index contributed by atoms with van der Waals surface area (Å²) < 4.78 is 64.1. The minimum absolute atomic E-state index is 0.0644. The number of hydrogen-bond donors (Lipinski definition) is 1. The lowest BCUT2D eigenvalue weighted by molar-refractivity contribution is -0.0630. The highest BCUT2D eigenvalue weighted by atomic mass is 28.4. The topological polar surface area (TPSA) is 99.2 Å². The van der Waals surface area contributed by atoms with Gasteiger partial charge in [0.2, 0.25) is 8.32 Å². The number of carbonyl (C=O) groups is 1. The molecule has 2 aliphatic rings. The minimum atomic E-state index is -2.46. The van der Waals surface area contributed by atoms with Crippen molar-refractivity contribution in [2.75, 3.05) is 64.6 Å².